The molecule has 2 aliphatic heterocycles. The lowest BCUT2D eigenvalue weighted by Gasteiger charge is -2.26. The Morgan fingerprint density at radius 2 is 1.92 bits per heavy atom. The smallest absolute Gasteiger partial charge is 0.244 e. The Hall–Kier alpha value is -1.18. The molecule has 0 aliphatic carbocycles. The SMILES string of the molecule is CCC(CC)C1CCN(c2ccc(S(=O)(=O)N3CCOCC3)cn2)C1. The molecule has 0 aromatic carbocycles. The van der Waals surface area contributed by atoms with E-state index >= 15 is 0 Å². The van der Waals surface area contributed by atoms with Crippen LogP contribution in [-0.4, -0.2) is 57.1 Å². The van der Waals surface area contributed by atoms with E-state index in [-0.39, 0.29) is 4.90 Å². The number of anilines is 1. The number of morpholine rings is 1. The van der Waals surface area contributed by atoms with Crippen molar-refractivity contribution in [3.05, 3.63) is 18.3 Å². The van der Waals surface area contributed by atoms with Crippen LogP contribution in [0.5, 0.6) is 0 Å². The van der Waals surface area contributed by atoms with Crippen LogP contribution in [0.2, 0.25) is 0 Å². The van der Waals surface area contributed by atoms with E-state index < -0.39 is 10.0 Å². The molecule has 0 N–H and O–H groups in total. The molecular formula is C18H29N3O3S. The van der Waals surface area contributed by atoms with Crippen molar-refractivity contribution in [1.29, 1.82) is 0 Å². The number of hydrogen-bond donors (Lipinski definition) is 0. The predicted molar refractivity (Wildman–Crippen MR) is 98.2 cm³/mol. The maximum Gasteiger partial charge on any atom is 0.244 e. The molecule has 3 heterocycles. The third-order valence-corrected chi connectivity index (χ3v) is 7.47. The van der Waals surface area contributed by atoms with Crippen LogP contribution in [0.4, 0.5) is 5.82 Å². The van der Waals surface area contributed by atoms with Gasteiger partial charge >= 0.3 is 0 Å². The number of nitrogens with zero attached hydrogens (tertiary/aromatic N) is 3. The van der Waals surface area contributed by atoms with Gasteiger partial charge in [-0.3, -0.25) is 0 Å². The van der Waals surface area contributed by atoms with Gasteiger partial charge in [0.2, 0.25) is 10.0 Å². The number of aromatic nitrogens is 1. The monoisotopic (exact) mass is 367 g/mol. The van der Waals surface area contributed by atoms with E-state index in [1.165, 1.54) is 29.8 Å². The van der Waals surface area contributed by atoms with Crippen LogP contribution in [0, 0.1) is 11.8 Å². The molecule has 6 nitrogen and oxygen atoms in total. The Kier molecular flexibility index (Phi) is 5.96. The molecule has 1 unspecified atom stereocenters. The molecule has 2 fully saturated rings. The molecule has 140 valence electrons. The third kappa shape index (κ3) is 3.99. The van der Waals surface area contributed by atoms with E-state index in [2.05, 4.69) is 23.7 Å². The van der Waals surface area contributed by atoms with Gasteiger partial charge < -0.3 is 9.64 Å². The maximum absolute atomic E-state index is 12.7. The molecule has 7 heteroatoms. The molecule has 0 bridgehead atoms. The molecule has 3 rings (SSSR count). The highest BCUT2D eigenvalue weighted by atomic mass is 32.2. The number of hydrogen-bond acceptors (Lipinski definition) is 5. The lowest BCUT2D eigenvalue weighted by Crippen LogP contribution is -2.40. The molecule has 0 saturated carbocycles. The Bertz CT molecular complexity index is 653. The molecule has 1 atom stereocenters. The largest absolute Gasteiger partial charge is 0.379 e. The number of ether oxygens (including phenoxy) is 1. The molecule has 2 aliphatic rings. The Morgan fingerprint density at radius 1 is 1.20 bits per heavy atom. The van der Waals surface area contributed by atoms with Crippen molar-refractivity contribution in [1.82, 2.24) is 9.29 Å². The highest BCUT2D eigenvalue weighted by Gasteiger charge is 2.30. The highest BCUT2D eigenvalue weighted by Crippen LogP contribution is 2.31. The molecule has 1 aromatic rings. The third-order valence-electron chi connectivity index (χ3n) is 5.59. The van der Waals surface area contributed by atoms with E-state index in [1.807, 2.05) is 6.07 Å². The van der Waals surface area contributed by atoms with Gasteiger partial charge in [0.25, 0.3) is 0 Å². The normalized spacial score (nSPS) is 22.7. The molecule has 0 amide bonds. The maximum atomic E-state index is 12.7. The van der Waals surface area contributed by atoms with Gasteiger partial charge in [-0.2, -0.15) is 4.31 Å². The van der Waals surface area contributed by atoms with Gasteiger partial charge in [0, 0.05) is 32.4 Å². The second-order valence-electron chi connectivity index (χ2n) is 6.94. The minimum atomic E-state index is -3.46. The first-order valence-electron chi connectivity index (χ1n) is 9.35. The molecule has 0 radical (unpaired) electrons. The van der Waals surface area contributed by atoms with Crippen LogP contribution in [0.3, 0.4) is 0 Å². The van der Waals surface area contributed by atoms with Crippen molar-refractivity contribution in [3.63, 3.8) is 0 Å². The van der Waals surface area contributed by atoms with Crippen molar-refractivity contribution in [2.24, 2.45) is 11.8 Å². The van der Waals surface area contributed by atoms with E-state index in [0.29, 0.717) is 32.2 Å². The minimum Gasteiger partial charge on any atom is -0.379 e. The fraction of sp³-hybridized carbons (Fsp3) is 0.722. The average molecular weight is 368 g/mol. The van der Waals surface area contributed by atoms with Crippen LogP contribution in [0.1, 0.15) is 33.1 Å². The van der Waals surface area contributed by atoms with Crippen LogP contribution in [-0.2, 0) is 14.8 Å². The van der Waals surface area contributed by atoms with Crippen LogP contribution < -0.4 is 4.90 Å². The van der Waals surface area contributed by atoms with Gasteiger partial charge in [-0.15, -0.1) is 0 Å². The van der Waals surface area contributed by atoms with Gasteiger partial charge in [0.15, 0.2) is 0 Å². The summed E-state index contributed by atoms with van der Waals surface area (Å²) in [5.74, 6) is 2.37. The average Bonchev–Trinajstić information content (AvgIpc) is 3.13. The van der Waals surface area contributed by atoms with Crippen molar-refractivity contribution in [3.8, 4) is 0 Å². The van der Waals surface area contributed by atoms with Crippen molar-refractivity contribution in [2.45, 2.75) is 38.0 Å². The first-order valence-corrected chi connectivity index (χ1v) is 10.8. The van der Waals surface area contributed by atoms with Crippen molar-refractivity contribution < 1.29 is 13.2 Å². The van der Waals surface area contributed by atoms with Gasteiger partial charge in [0.1, 0.15) is 10.7 Å². The zero-order valence-electron chi connectivity index (χ0n) is 15.2. The molecule has 0 spiro atoms. The van der Waals surface area contributed by atoms with Gasteiger partial charge in [0.05, 0.1) is 13.2 Å². The Balaban J connectivity index is 1.68. The number of rotatable bonds is 6. The van der Waals surface area contributed by atoms with E-state index in [9.17, 15) is 8.42 Å². The van der Waals surface area contributed by atoms with Crippen LogP contribution in [0.25, 0.3) is 0 Å². The summed E-state index contributed by atoms with van der Waals surface area (Å²) in [6.07, 6.45) is 5.14. The fourth-order valence-electron chi connectivity index (χ4n) is 3.98. The molecule has 25 heavy (non-hydrogen) atoms. The summed E-state index contributed by atoms with van der Waals surface area (Å²) in [7, 11) is -3.46. The summed E-state index contributed by atoms with van der Waals surface area (Å²) < 4.78 is 32.0. The predicted octanol–water partition coefficient (Wildman–Crippen LogP) is 2.37. The minimum absolute atomic E-state index is 0.272. The lowest BCUT2D eigenvalue weighted by molar-refractivity contribution is 0.0730. The van der Waals surface area contributed by atoms with Gasteiger partial charge in [-0.25, -0.2) is 13.4 Å². The lowest BCUT2D eigenvalue weighted by atomic mass is 9.87. The van der Waals surface area contributed by atoms with Crippen molar-refractivity contribution >= 4 is 15.8 Å². The summed E-state index contributed by atoms with van der Waals surface area (Å²) in [4.78, 5) is 7.01. The van der Waals surface area contributed by atoms with E-state index in [0.717, 1.165) is 24.8 Å². The fourth-order valence-corrected chi connectivity index (χ4v) is 5.34. The summed E-state index contributed by atoms with van der Waals surface area (Å²) in [5.41, 5.74) is 0. The summed E-state index contributed by atoms with van der Waals surface area (Å²) >= 11 is 0. The standard InChI is InChI=1S/C18H29N3O3S/c1-3-15(4-2)16-7-8-20(14-16)18-6-5-17(13-19-18)25(22,23)21-9-11-24-12-10-21/h5-6,13,15-16H,3-4,7-12,14H2,1-2H3. The van der Waals surface area contributed by atoms with E-state index in [4.69, 9.17) is 4.74 Å². The topological polar surface area (TPSA) is 62.7 Å². The Morgan fingerprint density at radius 3 is 2.52 bits per heavy atom. The van der Waals surface area contributed by atoms with Gasteiger partial charge in [-0.1, -0.05) is 26.7 Å². The zero-order chi connectivity index (χ0) is 17.9. The molecule has 1 aromatic heterocycles. The highest BCUT2D eigenvalue weighted by molar-refractivity contribution is 7.89. The Labute approximate surface area is 151 Å². The second-order valence-corrected chi connectivity index (χ2v) is 8.88. The summed E-state index contributed by atoms with van der Waals surface area (Å²) in [6.45, 7) is 8.28. The quantitative estimate of drug-likeness (QED) is 0.772. The summed E-state index contributed by atoms with van der Waals surface area (Å²) in [5, 5.41) is 0. The zero-order valence-corrected chi connectivity index (χ0v) is 16.0. The summed E-state index contributed by atoms with van der Waals surface area (Å²) in [6, 6.07) is 3.54. The van der Waals surface area contributed by atoms with E-state index in [1.54, 1.807) is 6.07 Å². The molecule has 2 saturated heterocycles. The van der Waals surface area contributed by atoms with Crippen LogP contribution in [0.15, 0.2) is 23.2 Å². The molecular weight excluding hydrogens is 338 g/mol. The second kappa shape index (κ2) is 8.01. The van der Waals surface area contributed by atoms with Gasteiger partial charge in [-0.05, 0) is 30.4 Å². The first kappa shape index (κ1) is 18.6. The number of sulfonamides is 1. The van der Waals surface area contributed by atoms with Crippen LogP contribution >= 0.6 is 0 Å². The van der Waals surface area contributed by atoms with Crippen molar-refractivity contribution in [2.75, 3.05) is 44.3 Å². The number of pyridine rings is 1. The first-order chi connectivity index (χ1) is 12.1.